The molecule has 0 fully saturated rings. The second-order valence-corrected chi connectivity index (χ2v) is 6.15. The summed E-state index contributed by atoms with van der Waals surface area (Å²) in [5.41, 5.74) is 8.44. The highest BCUT2D eigenvalue weighted by Gasteiger charge is 2.36. The molecule has 10 heteroatoms. The number of nitrogens with two attached hydrogens (primary N) is 1. The maximum atomic E-state index is 12.6. The molecular weight excluding hydrogens is 347 g/mol. The Morgan fingerprint density at radius 2 is 2.08 bits per heavy atom. The minimum absolute atomic E-state index is 0.0740. The first kappa shape index (κ1) is 16.5. The van der Waals surface area contributed by atoms with Crippen molar-refractivity contribution < 1.29 is 13.2 Å². The highest BCUT2D eigenvalue weighted by molar-refractivity contribution is 6.05. The minimum Gasteiger partial charge on any atom is -0.348 e. The van der Waals surface area contributed by atoms with Crippen LogP contribution in [-0.2, 0) is 12.8 Å². The molecule has 5 N–H and O–H groups in total. The zero-order valence-corrected chi connectivity index (χ0v) is 13.7. The molecule has 1 aliphatic heterocycles. The van der Waals surface area contributed by atoms with Gasteiger partial charge in [-0.3, -0.25) is 15.4 Å². The Hall–Kier alpha value is -3.01. The third kappa shape index (κ3) is 2.77. The first-order valence-electron chi connectivity index (χ1n) is 7.82. The molecule has 1 aliphatic rings. The van der Waals surface area contributed by atoms with E-state index in [9.17, 15) is 13.2 Å². The molecule has 2 aromatic heterocycles. The van der Waals surface area contributed by atoms with E-state index >= 15 is 0 Å². The lowest BCUT2D eigenvalue weighted by atomic mass is 10.0. The van der Waals surface area contributed by atoms with Crippen LogP contribution >= 0.6 is 0 Å². The lowest BCUT2D eigenvalue weighted by Gasteiger charge is -2.38. The van der Waals surface area contributed by atoms with Gasteiger partial charge in [0.1, 0.15) is 18.2 Å². The van der Waals surface area contributed by atoms with Crippen LogP contribution in [0.2, 0.25) is 0 Å². The molecule has 0 amide bonds. The number of rotatable bonds is 2. The van der Waals surface area contributed by atoms with Crippen LogP contribution in [0, 0.1) is 0 Å². The van der Waals surface area contributed by atoms with E-state index in [2.05, 4.69) is 25.7 Å². The van der Waals surface area contributed by atoms with E-state index in [1.165, 1.54) is 0 Å². The fourth-order valence-corrected chi connectivity index (χ4v) is 2.98. The first-order valence-corrected chi connectivity index (χ1v) is 7.82. The van der Waals surface area contributed by atoms with Crippen molar-refractivity contribution in [1.82, 2.24) is 20.1 Å². The van der Waals surface area contributed by atoms with Gasteiger partial charge in [0, 0.05) is 24.2 Å². The molecule has 0 bridgehead atoms. The van der Waals surface area contributed by atoms with Crippen molar-refractivity contribution in [3.05, 3.63) is 47.8 Å². The molecule has 1 atom stereocenters. The Labute approximate surface area is 146 Å². The van der Waals surface area contributed by atoms with Crippen LogP contribution in [0.5, 0.6) is 0 Å². The van der Waals surface area contributed by atoms with Gasteiger partial charge in [-0.1, -0.05) is 12.1 Å². The number of fused-ring (bicyclic) bond motifs is 2. The minimum atomic E-state index is -4.40. The van der Waals surface area contributed by atoms with Gasteiger partial charge < -0.3 is 15.6 Å². The zero-order chi connectivity index (χ0) is 18.5. The van der Waals surface area contributed by atoms with Crippen LogP contribution in [0.3, 0.4) is 0 Å². The van der Waals surface area contributed by atoms with E-state index in [1.54, 1.807) is 36.3 Å². The molecular formula is C16H16F3N7. The molecule has 1 unspecified atom stereocenters. The summed E-state index contributed by atoms with van der Waals surface area (Å²) in [5, 5.41) is 11.1. The number of hydrogen-bond donors (Lipinski definition) is 4. The number of aliphatic imine (C=N–C) groups is 1. The molecule has 0 saturated heterocycles. The van der Waals surface area contributed by atoms with Gasteiger partial charge >= 0.3 is 6.18 Å². The number of aromatic amines is 1. The van der Waals surface area contributed by atoms with Crippen molar-refractivity contribution in [3.63, 3.8) is 0 Å². The van der Waals surface area contributed by atoms with Crippen molar-refractivity contribution in [1.29, 1.82) is 0 Å². The van der Waals surface area contributed by atoms with E-state index in [1.807, 2.05) is 12.1 Å². The lowest BCUT2D eigenvalue weighted by Crippen LogP contribution is -2.61. The van der Waals surface area contributed by atoms with Crippen molar-refractivity contribution in [2.75, 3.05) is 11.9 Å². The quantitative estimate of drug-likeness (QED) is 0.560. The van der Waals surface area contributed by atoms with Crippen LogP contribution in [0.25, 0.3) is 10.9 Å². The summed E-state index contributed by atoms with van der Waals surface area (Å²) in [5.74, 6) is -0.761. The zero-order valence-electron chi connectivity index (χ0n) is 13.7. The second kappa shape index (κ2) is 5.49. The maximum absolute atomic E-state index is 12.6. The molecule has 0 aliphatic carbocycles. The molecule has 3 heterocycles. The summed E-state index contributed by atoms with van der Waals surface area (Å²) >= 11 is 0. The number of amidine groups is 1. The topological polar surface area (TPSA) is 96.1 Å². The van der Waals surface area contributed by atoms with E-state index in [0.29, 0.717) is 16.9 Å². The monoisotopic (exact) mass is 363 g/mol. The maximum Gasteiger partial charge on any atom is 0.408 e. The van der Waals surface area contributed by atoms with E-state index < -0.39 is 18.5 Å². The molecule has 1 aromatic carbocycles. The molecule has 0 radical (unpaired) electrons. The Morgan fingerprint density at radius 1 is 1.27 bits per heavy atom. The Bertz CT molecular complexity index is 1000. The van der Waals surface area contributed by atoms with Crippen LogP contribution < -0.4 is 16.4 Å². The molecule has 136 valence electrons. The standard InChI is InChI=1S/C16H16F3N7/c1-26-12-6-10(3-2-9(12)7-23-26)16(20)24-13-11(4-5-21-13)14(25-16)22-8-15(17,18)19/h2-7,21,24H,8,20H2,1H3,(H,22,25). The normalized spacial score (nSPS) is 21.5. The fraction of sp³-hybridized carbons (Fsp3) is 0.250. The highest BCUT2D eigenvalue weighted by Crippen LogP contribution is 2.29. The van der Waals surface area contributed by atoms with Gasteiger partial charge in [-0.15, -0.1) is 0 Å². The number of alkyl halides is 3. The number of H-pyrrole nitrogens is 1. The second-order valence-electron chi connectivity index (χ2n) is 6.15. The number of nitrogens with zero attached hydrogens (tertiary/aromatic N) is 3. The summed E-state index contributed by atoms with van der Waals surface area (Å²) in [6.07, 6.45) is -1.07. The van der Waals surface area contributed by atoms with Crippen molar-refractivity contribution in [2.24, 2.45) is 17.8 Å². The average Bonchev–Trinajstić information content (AvgIpc) is 3.18. The van der Waals surface area contributed by atoms with Crippen LogP contribution in [-0.4, -0.2) is 33.3 Å². The largest absolute Gasteiger partial charge is 0.408 e. The number of benzene rings is 1. The predicted molar refractivity (Wildman–Crippen MR) is 91.6 cm³/mol. The van der Waals surface area contributed by atoms with Gasteiger partial charge in [0.25, 0.3) is 0 Å². The lowest BCUT2D eigenvalue weighted by molar-refractivity contribution is -0.118. The molecule has 0 spiro atoms. The summed E-state index contributed by atoms with van der Waals surface area (Å²) in [7, 11) is 1.80. The first-order chi connectivity index (χ1) is 12.3. The third-order valence-electron chi connectivity index (χ3n) is 4.26. The Kier molecular flexibility index (Phi) is 3.48. The van der Waals surface area contributed by atoms with E-state index in [-0.39, 0.29) is 5.84 Å². The molecule has 4 rings (SSSR count). The number of halogens is 3. The van der Waals surface area contributed by atoms with Gasteiger partial charge in [0.2, 0.25) is 0 Å². The van der Waals surface area contributed by atoms with Crippen LogP contribution in [0.4, 0.5) is 19.0 Å². The predicted octanol–water partition coefficient (Wildman–Crippen LogP) is 1.99. The smallest absolute Gasteiger partial charge is 0.348 e. The number of aromatic nitrogens is 3. The van der Waals surface area contributed by atoms with Gasteiger partial charge in [0.05, 0.1) is 17.3 Å². The van der Waals surface area contributed by atoms with Crippen molar-refractivity contribution >= 4 is 22.6 Å². The SMILES string of the molecule is Cn1ncc2ccc(C3(N)NC(=NCC(F)(F)F)c4cc[nH]c4N3)cc21. The van der Waals surface area contributed by atoms with Gasteiger partial charge in [-0.05, 0) is 12.1 Å². The number of hydrogen-bond acceptors (Lipinski definition) is 4. The summed E-state index contributed by atoms with van der Waals surface area (Å²) in [6, 6.07) is 7.11. The van der Waals surface area contributed by atoms with Crippen LogP contribution in [0.15, 0.2) is 41.7 Å². The molecule has 26 heavy (non-hydrogen) atoms. The number of anilines is 1. The highest BCUT2D eigenvalue weighted by atomic mass is 19.4. The number of aryl methyl sites for hydroxylation is 1. The van der Waals surface area contributed by atoms with Crippen LogP contribution in [0.1, 0.15) is 11.1 Å². The molecule has 3 aromatic rings. The fourth-order valence-electron chi connectivity index (χ4n) is 2.98. The Morgan fingerprint density at radius 3 is 2.85 bits per heavy atom. The van der Waals surface area contributed by atoms with Crippen molar-refractivity contribution in [2.45, 2.75) is 12.0 Å². The van der Waals surface area contributed by atoms with Crippen molar-refractivity contribution in [3.8, 4) is 0 Å². The third-order valence-corrected chi connectivity index (χ3v) is 4.26. The summed E-state index contributed by atoms with van der Waals surface area (Å²) < 4.78 is 39.5. The molecule has 0 saturated carbocycles. The average molecular weight is 363 g/mol. The Balaban J connectivity index is 1.77. The summed E-state index contributed by atoms with van der Waals surface area (Å²) in [6.45, 7) is -1.29. The van der Waals surface area contributed by atoms with Gasteiger partial charge in [-0.2, -0.15) is 18.3 Å². The van der Waals surface area contributed by atoms with Gasteiger partial charge in [-0.25, -0.2) is 0 Å². The summed E-state index contributed by atoms with van der Waals surface area (Å²) in [4.78, 5) is 6.62. The van der Waals surface area contributed by atoms with E-state index in [0.717, 1.165) is 10.9 Å². The van der Waals surface area contributed by atoms with Gasteiger partial charge in [0.15, 0.2) is 5.79 Å². The van der Waals surface area contributed by atoms with E-state index in [4.69, 9.17) is 5.73 Å². The number of nitrogens with one attached hydrogen (secondary N) is 3. The molecule has 7 nitrogen and oxygen atoms in total.